The zero-order valence-corrected chi connectivity index (χ0v) is 10.3. The molecule has 0 aromatic heterocycles. The van der Waals surface area contributed by atoms with Gasteiger partial charge in [0.15, 0.2) is 0 Å². The summed E-state index contributed by atoms with van der Waals surface area (Å²) in [6.45, 7) is 3.84. The lowest BCUT2D eigenvalue weighted by Crippen LogP contribution is -2.26. The van der Waals surface area contributed by atoms with E-state index in [1.165, 1.54) is 0 Å². The Morgan fingerprint density at radius 2 is 2.06 bits per heavy atom. The normalized spacial score (nSPS) is 12.0. The second-order valence-electron chi connectivity index (χ2n) is 3.85. The lowest BCUT2D eigenvalue weighted by molar-refractivity contribution is 0.301. The SMILES string of the molecule is CC(C)c1cccc(S(=O)(=O)NCCO)c1. The fraction of sp³-hybridized carbons (Fsp3) is 0.455. The van der Waals surface area contributed by atoms with E-state index >= 15 is 0 Å². The molecule has 0 bridgehead atoms. The third-order valence-electron chi connectivity index (χ3n) is 2.24. The Labute approximate surface area is 96.4 Å². The van der Waals surface area contributed by atoms with E-state index in [4.69, 9.17) is 5.11 Å². The quantitative estimate of drug-likeness (QED) is 0.813. The van der Waals surface area contributed by atoms with Gasteiger partial charge in [-0.1, -0.05) is 26.0 Å². The number of aliphatic hydroxyl groups is 1. The van der Waals surface area contributed by atoms with Crippen molar-refractivity contribution in [2.24, 2.45) is 0 Å². The Balaban J connectivity index is 2.99. The zero-order valence-electron chi connectivity index (χ0n) is 9.47. The Kier molecular flexibility index (Phi) is 4.46. The fourth-order valence-electron chi connectivity index (χ4n) is 1.30. The van der Waals surface area contributed by atoms with Gasteiger partial charge in [0.25, 0.3) is 0 Å². The van der Waals surface area contributed by atoms with Crippen molar-refractivity contribution < 1.29 is 13.5 Å². The fourth-order valence-corrected chi connectivity index (χ4v) is 2.38. The molecule has 0 atom stereocenters. The molecule has 0 unspecified atom stereocenters. The molecule has 90 valence electrons. The summed E-state index contributed by atoms with van der Waals surface area (Å²) in [6.07, 6.45) is 0. The van der Waals surface area contributed by atoms with E-state index in [2.05, 4.69) is 4.72 Å². The highest BCUT2D eigenvalue weighted by Gasteiger charge is 2.13. The van der Waals surface area contributed by atoms with E-state index in [9.17, 15) is 8.42 Å². The maximum atomic E-state index is 11.7. The van der Waals surface area contributed by atoms with Crippen LogP contribution in [0.2, 0.25) is 0 Å². The number of hydrogen-bond donors (Lipinski definition) is 2. The van der Waals surface area contributed by atoms with Crippen molar-refractivity contribution in [3.8, 4) is 0 Å². The van der Waals surface area contributed by atoms with E-state index < -0.39 is 10.0 Å². The average Bonchev–Trinajstić information content (AvgIpc) is 2.26. The van der Waals surface area contributed by atoms with Crippen molar-refractivity contribution in [3.05, 3.63) is 29.8 Å². The van der Waals surface area contributed by atoms with Crippen LogP contribution in [-0.4, -0.2) is 26.7 Å². The summed E-state index contributed by atoms with van der Waals surface area (Å²) in [7, 11) is -3.49. The topological polar surface area (TPSA) is 66.4 Å². The van der Waals surface area contributed by atoms with E-state index in [1.807, 2.05) is 19.9 Å². The van der Waals surface area contributed by atoms with Crippen molar-refractivity contribution >= 4 is 10.0 Å². The van der Waals surface area contributed by atoms with E-state index in [1.54, 1.807) is 18.2 Å². The highest BCUT2D eigenvalue weighted by molar-refractivity contribution is 7.89. The largest absolute Gasteiger partial charge is 0.395 e. The molecule has 5 heteroatoms. The molecule has 0 radical (unpaired) electrons. The number of hydrogen-bond acceptors (Lipinski definition) is 3. The number of benzene rings is 1. The van der Waals surface area contributed by atoms with Crippen LogP contribution in [0.15, 0.2) is 29.2 Å². The first kappa shape index (κ1) is 13.2. The maximum Gasteiger partial charge on any atom is 0.240 e. The van der Waals surface area contributed by atoms with Gasteiger partial charge in [0.1, 0.15) is 0 Å². The lowest BCUT2D eigenvalue weighted by Gasteiger charge is -2.09. The van der Waals surface area contributed by atoms with Gasteiger partial charge in [-0.05, 0) is 23.6 Å². The third-order valence-corrected chi connectivity index (χ3v) is 3.70. The second-order valence-corrected chi connectivity index (χ2v) is 5.62. The molecule has 1 rings (SSSR count). The first-order chi connectivity index (χ1) is 7.47. The molecular formula is C11H17NO3S. The minimum atomic E-state index is -3.49. The molecule has 4 nitrogen and oxygen atoms in total. The number of aliphatic hydroxyl groups excluding tert-OH is 1. The molecule has 0 aliphatic carbocycles. The van der Waals surface area contributed by atoms with Gasteiger partial charge in [-0.2, -0.15) is 0 Å². The lowest BCUT2D eigenvalue weighted by atomic mass is 10.0. The summed E-state index contributed by atoms with van der Waals surface area (Å²) in [5.41, 5.74) is 0.979. The number of nitrogens with one attached hydrogen (secondary N) is 1. The molecule has 1 aromatic carbocycles. The smallest absolute Gasteiger partial charge is 0.240 e. The van der Waals surface area contributed by atoms with Crippen LogP contribution in [0.1, 0.15) is 25.3 Å². The summed E-state index contributed by atoms with van der Waals surface area (Å²) in [5.74, 6) is 0.285. The van der Waals surface area contributed by atoms with Crippen LogP contribution < -0.4 is 4.72 Å². The van der Waals surface area contributed by atoms with Gasteiger partial charge in [-0.3, -0.25) is 0 Å². The second kappa shape index (κ2) is 5.43. The minimum absolute atomic E-state index is 0.0360. The van der Waals surface area contributed by atoms with E-state index in [-0.39, 0.29) is 24.0 Å². The molecule has 2 N–H and O–H groups in total. The Hall–Kier alpha value is -0.910. The molecule has 0 spiro atoms. The molecule has 16 heavy (non-hydrogen) atoms. The first-order valence-corrected chi connectivity index (χ1v) is 6.66. The third kappa shape index (κ3) is 3.30. The highest BCUT2D eigenvalue weighted by Crippen LogP contribution is 2.18. The van der Waals surface area contributed by atoms with Gasteiger partial charge in [-0.15, -0.1) is 0 Å². The Morgan fingerprint density at radius 1 is 1.38 bits per heavy atom. The van der Waals surface area contributed by atoms with Crippen molar-refractivity contribution in [1.29, 1.82) is 0 Å². The minimum Gasteiger partial charge on any atom is -0.395 e. The van der Waals surface area contributed by atoms with Gasteiger partial charge in [0, 0.05) is 6.54 Å². The first-order valence-electron chi connectivity index (χ1n) is 5.18. The molecule has 0 saturated heterocycles. The van der Waals surface area contributed by atoms with Crippen LogP contribution in [-0.2, 0) is 10.0 Å². The highest BCUT2D eigenvalue weighted by atomic mass is 32.2. The standard InChI is InChI=1S/C11H17NO3S/c1-9(2)10-4-3-5-11(8-10)16(14,15)12-6-7-13/h3-5,8-9,12-13H,6-7H2,1-2H3. The van der Waals surface area contributed by atoms with Crippen LogP contribution in [0.5, 0.6) is 0 Å². The maximum absolute atomic E-state index is 11.7. The van der Waals surface area contributed by atoms with Crippen molar-refractivity contribution in [1.82, 2.24) is 4.72 Å². The van der Waals surface area contributed by atoms with Crippen LogP contribution in [0.4, 0.5) is 0 Å². The van der Waals surface area contributed by atoms with Gasteiger partial charge >= 0.3 is 0 Å². The monoisotopic (exact) mass is 243 g/mol. The molecule has 1 aromatic rings. The van der Waals surface area contributed by atoms with Crippen LogP contribution >= 0.6 is 0 Å². The Morgan fingerprint density at radius 3 is 2.62 bits per heavy atom. The molecule has 0 aliphatic rings. The molecular weight excluding hydrogens is 226 g/mol. The molecule has 0 amide bonds. The van der Waals surface area contributed by atoms with E-state index in [0.29, 0.717) is 0 Å². The van der Waals surface area contributed by atoms with Gasteiger partial charge in [-0.25, -0.2) is 13.1 Å². The number of sulfonamides is 1. The van der Waals surface area contributed by atoms with E-state index in [0.717, 1.165) is 5.56 Å². The van der Waals surface area contributed by atoms with Crippen molar-refractivity contribution in [2.75, 3.05) is 13.2 Å². The van der Waals surface area contributed by atoms with Crippen LogP contribution in [0, 0.1) is 0 Å². The molecule has 0 saturated carbocycles. The Bertz CT molecular complexity index is 440. The van der Waals surface area contributed by atoms with Gasteiger partial charge in [0.2, 0.25) is 10.0 Å². The summed E-state index contributed by atoms with van der Waals surface area (Å²) < 4.78 is 25.8. The average molecular weight is 243 g/mol. The molecule has 0 heterocycles. The summed E-state index contributed by atoms with van der Waals surface area (Å²) in [4.78, 5) is 0.243. The summed E-state index contributed by atoms with van der Waals surface area (Å²) >= 11 is 0. The van der Waals surface area contributed by atoms with Crippen molar-refractivity contribution in [3.63, 3.8) is 0 Å². The molecule has 0 fully saturated rings. The number of rotatable bonds is 5. The van der Waals surface area contributed by atoms with Gasteiger partial charge in [0.05, 0.1) is 11.5 Å². The predicted molar refractivity (Wildman–Crippen MR) is 62.8 cm³/mol. The molecule has 0 aliphatic heterocycles. The summed E-state index contributed by atoms with van der Waals surface area (Å²) in [6, 6.07) is 6.83. The van der Waals surface area contributed by atoms with Crippen LogP contribution in [0.25, 0.3) is 0 Å². The zero-order chi connectivity index (χ0) is 12.2. The summed E-state index contributed by atoms with van der Waals surface area (Å²) in [5, 5.41) is 8.59. The van der Waals surface area contributed by atoms with Crippen molar-refractivity contribution in [2.45, 2.75) is 24.7 Å². The van der Waals surface area contributed by atoms with Gasteiger partial charge < -0.3 is 5.11 Å². The predicted octanol–water partition coefficient (Wildman–Crippen LogP) is 1.08. The van der Waals surface area contributed by atoms with Crippen LogP contribution in [0.3, 0.4) is 0 Å².